The summed E-state index contributed by atoms with van der Waals surface area (Å²) in [5.41, 5.74) is 16.6. The molecule has 3 rings (SSSR count). The number of carbonyl (C=O) groups excluding carboxylic acids is 1. The lowest BCUT2D eigenvalue weighted by molar-refractivity contribution is 0.0996. The fourth-order valence-electron chi connectivity index (χ4n) is 3.61. The first kappa shape index (κ1) is 22.8. The van der Waals surface area contributed by atoms with Gasteiger partial charge >= 0.3 is 0 Å². The highest BCUT2D eigenvalue weighted by Crippen LogP contribution is 2.40. The predicted octanol–water partition coefficient (Wildman–Crippen LogP) is 2.51. The Hall–Kier alpha value is -2.84. The average Bonchev–Trinajstić information content (AvgIpc) is 3.22. The van der Waals surface area contributed by atoms with Crippen molar-refractivity contribution in [1.82, 2.24) is 5.01 Å². The van der Waals surface area contributed by atoms with E-state index in [0.717, 1.165) is 40.2 Å². The molecule has 0 aromatic heterocycles. The second-order valence-corrected chi connectivity index (χ2v) is 8.49. The second-order valence-electron chi connectivity index (χ2n) is 7.50. The molecule has 1 amide bonds. The summed E-state index contributed by atoms with van der Waals surface area (Å²) in [7, 11) is 1.72. The van der Waals surface area contributed by atoms with E-state index in [-0.39, 0.29) is 0 Å². The van der Waals surface area contributed by atoms with Gasteiger partial charge in [-0.25, -0.2) is 5.84 Å². The normalized spacial score (nSPS) is 12.9. The zero-order valence-electron chi connectivity index (χ0n) is 18.0. The van der Waals surface area contributed by atoms with E-state index in [1.54, 1.807) is 25.0 Å². The summed E-state index contributed by atoms with van der Waals surface area (Å²) in [4.78, 5) is 12.2. The van der Waals surface area contributed by atoms with Crippen molar-refractivity contribution in [1.29, 1.82) is 0 Å². The first-order chi connectivity index (χ1) is 14.9. The number of fused-ring (bicyclic) bond motifs is 1. The molecule has 166 valence electrons. The predicted molar refractivity (Wildman–Crippen MR) is 126 cm³/mol. The number of amides is 1. The number of ether oxygens (including phenoxy) is 2. The molecule has 1 aliphatic heterocycles. The van der Waals surface area contributed by atoms with Gasteiger partial charge in [0, 0.05) is 31.7 Å². The molecule has 8 heteroatoms. The third kappa shape index (κ3) is 5.65. The Kier molecular flexibility index (Phi) is 7.70. The number of nitrogens with zero attached hydrogens (tertiary/aromatic N) is 1. The Balaban J connectivity index is 1.87. The van der Waals surface area contributed by atoms with Gasteiger partial charge in [-0.1, -0.05) is 24.3 Å². The Morgan fingerprint density at radius 3 is 2.68 bits per heavy atom. The van der Waals surface area contributed by atoms with Crippen LogP contribution in [0.3, 0.4) is 0 Å². The summed E-state index contributed by atoms with van der Waals surface area (Å²) in [6.45, 7) is 1.11. The van der Waals surface area contributed by atoms with Crippen molar-refractivity contribution < 1.29 is 14.3 Å². The van der Waals surface area contributed by atoms with Gasteiger partial charge in [0.05, 0.1) is 24.5 Å². The maximum atomic E-state index is 12.2. The Morgan fingerprint density at radius 1 is 1.29 bits per heavy atom. The van der Waals surface area contributed by atoms with Crippen LogP contribution in [0.1, 0.15) is 39.0 Å². The molecule has 0 saturated heterocycles. The van der Waals surface area contributed by atoms with Crippen molar-refractivity contribution in [2.45, 2.75) is 19.3 Å². The van der Waals surface area contributed by atoms with Gasteiger partial charge in [0.15, 0.2) is 0 Å². The molecule has 0 unspecified atom stereocenters. The molecule has 31 heavy (non-hydrogen) atoms. The molecule has 7 nitrogen and oxygen atoms in total. The summed E-state index contributed by atoms with van der Waals surface area (Å²) < 4.78 is 11.9. The van der Waals surface area contributed by atoms with E-state index in [0.29, 0.717) is 43.1 Å². The summed E-state index contributed by atoms with van der Waals surface area (Å²) in [6, 6.07) is 9.71. The minimum Gasteiger partial charge on any atom is -0.493 e. The largest absolute Gasteiger partial charge is 0.493 e. The van der Waals surface area contributed by atoms with Crippen LogP contribution in [0.4, 0.5) is 0 Å². The van der Waals surface area contributed by atoms with Crippen LogP contribution in [0.5, 0.6) is 11.5 Å². The summed E-state index contributed by atoms with van der Waals surface area (Å²) >= 11 is 1.77. The van der Waals surface area contributed by atoms with Crippen molar-refractivity contribution in [2.24, 2.45) is 17.3 Å². The number of primary amides is 1. The molecule has 0 aliphatic carbocycles. The van der Waals surface area contributed by atoms with Crippen molar-refractivity contribution in [3.05, 3.63) is 64.3 Å². The van der Waals surface area contributed by atoms with Gasteiger partial charge in [0.25, 0.3) is 5.91 Å². The van der Waals surface area contributed by atoms with Crippen LogP contribution in [0.25, 0.3) is 5.70 Å². The number of hydrogen-bond donors (Lipinski definition) is 3. The van der Waals surface area contributed by atoms with Crippen LogP contribution in [0, 0.1) is 0 Å². The summed E-state index contributed by atoms with van der Waals surface area (Å²) in [5, 5.41) is 1.42. The van der Waals surface area contributed by atoms with Gasteiger partial charge in [-0.3, -0.25) is 4.79 Å². The van der Waals surface area contributed by atoms with Gasteiger partial charge < -0.3 is 25.9 Å². The van der Waals surface area contributed by atoms with Crippen LogP contribution >= 0.6 is 11.8 Å². The van der Waals surface area contributed by atoms with Gasteiger partial charge in [-0.05, 0) is 41.2 Å². The molecule has 1 heterocycles. The summed E-state index contributed by atoms with van der Waals surface area (Å²) in [6.07, 6.45) is 5.93. The lowest BCUT2D eigenvalue weighted by Crippen LogP contribution is -2.20. The highest BCUT2D eigenvalue weighted by molar-refractivity contribution is 7.98. The van der Waals surface area contributed by atoms with Crippen LogP contribution in [-0.2, 0) is 12.8 Å². The van der Waals surface area contributed by atoms with Crippen molar-refractivity contribution in [2.75, 3.05) is 32.3 Å². The van der Waals surface area contributed by atoms with Crippen LogP contribution in [0.2, 0.25) is 0 Å². The topological polar surface area (TPSA) is 117 Å². The molecule has 0 radical (unpaired) electrons. The average molecular weight is 443 g/mol. The number of hydrazine groups is 1. The highest BCUT2D eigenvalue weighted by Gasteiger charge is 2.26. The van der Waals surface area contributed by atoms with Crippen molar-refractivity contribution in [3.8, 4) is 11.5 Å². The lowest BCUT2D eigenvalue weighted by atomic mass is 9.96. The third-order valence-corrected chi connectivity index (χ3v) is 5.73. The number of benzene rings is 2. The number of hydrogen-bond acceptors (Lipinski definition) is 7. The zero-order chi connectivity index (χ0) is 22.4. The molecular weight excluding hydrogens is 412 g/mol. The first-order valence-corrected chi connectivity index (χ1v) is 11.6. The van der Waals surface area contributed by atoms with Gasteiger partial charge in [0.2, 0.25) is 0 Å². The standard InChI is InChI=1S/C23H30N4O3S/c1-27(26)14-20(24)16-6-4-15(5-7-16)12-17-13-19(23(25)28)22(29-9-3-11-31-2)18-8-10-30-21(17)18/h4-7,13-14H,3,8-12,24,26H2,1-2H3,(H2,25,28)/b20-14-. The molecule has 6 N–H and O–H groups in total. The van der Waals surface area contributed by atoms with Crippen LogP contribution in [-0.4, -0.2) is 43.2 Å². The van der Waals surface area contributed by atoms with E-state index < -0.39 is 5.91 Å². The third-order valence-electron chi connectivity index (χ3n) is 5.03. The first-order valence-electron chi connectivity index (χ1n) is 10.2. The molecule has 0 fully saturated rings. The van der Waals surface area contributed by atoms with Gasteiger partial charge in [0.1, 0.15) is 11.5 Å². The Labute approximate surface area is 187 Å². The quantitative estimate of drug-likeness (QED) is 0.294. The van der Waals surface area contributed by atoms with E-state index in [9.17, 15) is 4.79 Å². The number of thioether (sulfide) groups is 1. The molecule has 0 bridgehead atoms. The highest BCUT2D eigenvalue weighted by atomic mass is 32.2. The number of carbonyl (C=O) groups is 1. The van der Waals surface area contributed by atoms with E-state index in [1.165, 1.54) is 5.01 Å². The molecule has 2 aromatic rings. The molecule has 0 atom stereocenters. The minimum atomic E-state index is -0.491. The van der Waals surface area contributed by atoms with Crippen LogP contribution in [0.15, 0.2) is 36.5 Å². The molecule has 2 aromatic carbocycles. The zero-order valence-corrected chi connectivity index (χ0v) is 18.8. The maximum Gasteiger partial charge on any atom is 0.252 e. The molecule has 1 aliphatic rings. The van der Waals surface area contributed by atoms with Crippen molar-refractivity contribution in [3.63, 3.8) is 0 Å². The van der Waals surface area contributed by atoms with E-state index >= 15 is 0 Å². The van der Waals surface area contributed by atoms with Crippen molar-refractivity contribution >= 4 is 23.4 Å². The Morgan fingerprint density at radius 2 is 2.03 bits per heavy atom. The molecule has 0 spiro atoms. The fraction of sp³-hybridized carbons (Fsp3) is 0.348. The van der Waals surface area contributed by atoms with Gasteiger partial charge in [-0.2, -0.15) is 11.8 Å². The lowest BCUT2D eigenvalue weighted by Gasteiger charge is -2.17. The van der Waals surface area contributed by atoms with Gasteiger partial charge in [-0.15, -0.1) is 0 Å². The summed E-state index contributed by atoms with van der Waals surface area (Å²) in [5.74, 6) is 7.51. The second kappa shape index (κ2) is 10.5. The minimum absolute atomic E-state index is 0.415. The Bertz CT molecular complexity index is 958. The fourth-order valence-corrected chi connectivity index (χ4v) is 4.02. The maximum absolute atomic E-state index is 12.2. The van der Waals surface area contributed by atoms with E-state index in [4.69, 9.17) is 26.8 Å². The molecule has 0 saturated carbocycles. The smallest absolute Gasteiger partial charge is 0.252 e. The monoisotopic (exact) mass is 442 g/mol. The SMILES string of the molecule is CSCCCOc1c(C(N)=O)cc(Cc2ccc(/C(N)=C/N(C)N)cc2)c2c1CCO2. The van der Waals surface area contributed by atoms with E-state index in [2.05, 4.69) is 6.26 Å². The number of nitrogens with two attached hydrogens (primary N) is 3. The molecular formula is C23H30N4O3S. The number of rotatable bonds is 10. The van der Waals surface area contributed by atoms with Crippen LogP contribution < -0.4 is 26.8 Å². The van der Waals surface area contributed by atoms with E-state index in [1.807, 2.05) is 30.3 Å².